The molecule has 0 radical (unpaired) electrons. The number of nitrogens with zero attached hydrogens (tertiary/aromatic N) is 2. The third-order valence-corrected chi connectivity index (χ3v) is 6.45. The van der Waals surface area contributed by atoms with E-state index in [0.29, 0.717) is 36.6 Å². The van der Waals surface area contributed by atoms with Crippen LogP contribution in [0.5, 0.6) is 0 Å². The summed E-state index contributed by atoms with van der Waals surface area (Å²) in [4.78, 5) is 45.1. The molecule has 0 spiro atoms. The van der Waals surface area contributed by atoms with E-state index in [1.807, 2.05) is 13.8 Å². The van der Waals surface area contributed by atoms with Crippen molar-refractivity contribution in [1.29, 1.82) is 0 Å². The van der Waals surface area contributed by atoms with E-state index >= 15 is 0 Å². The normalized spacial score (nSPS) is 21.8. The van der Waals surface area contributed by atoms with Crippen LogP contribution in [0.4, 0.5) is 10.1 Å². The Hall–Kier alpha value is -3.83. The number of carbonyl (C=O) groups is 3. The van der Waals surface area contributed by atoms with Crippen molar-refractivity contribution in [3.05, 3.63) is 65.5 Å². The van der Waals surface area contributed by atoms with Gasteiger partial charge in [0, 0.05) is 36.4 Å². The number of anilines is 1. The van der Waals surface area contributed by atoms with Crippen LogP contribution in [0.25, 0.3) is 0 Å². The fourth-order valence-corrected chi connectivity index (χ4v) is 4.64. The Bertz CT molecular complexity index is 1180. The van der Waals surface area contributed by atoms with Gasteiger partial charge in [-0.05, 0) is 55.8 Å². The van der Waals surface area contributed by atoms with Crippen molar-refractivity contribution < 1.29 is 23.5 Å². The molecule has 1 fully saturated rings. The van der Waals surface area contributed by atoms with Crippen LogP contribution in [0.2, 0.25) is 0 Å². The number of ether oxygens (including phenoxy) is 1. The first kappa shape index (κ1) is 26.2. The van der Waals surface area contributed by atoms with Crippen LogP contribution >= 0.6 is 0 Å². The summed E-state index contributed by atoms with van der Waals surface area (Å²) < 4.78 is 18.5. The highest BCUT2D eigenvalue weighted by Gasteiger charge is 2.52. The molecule has 11 heteroatoms. The van der Waals surface area contributed by atoms with Gasteiger partial charge in [0.1, 0.15) is 5.82 Å². The minimum atomic E-state index is -1.60. The lowest BCUT2D eigenvalue weighted by atomic mass is 9.82. The highest BCUT2D eigenvalue weighted by Crippen LogP contribution is 2.31. The first-order valence-electron chi connectivity index (χ1n) is 12.0. The van der Waals surface area contributed by atoms with Crippen molar-refractivity contribution in [2.45, 2.75) is 31.0 Å². The minimum absolute atomic E-state index is 0.293. The van der Waals surface area contributed by atoms with Crippen LogP contribution in [-0.2, 0) is 19.9 Å². The zero-order valence-corrected chi connectivity index (χ0v) is 20.8. The second-order valence-corrected chi connectivity index (χ2v) is 9.80. The Balaban J connectivity index is 1.49. The van der Waals surface area contributed by atoms with Gasteiger partial charge in [-0.2, -0.15) is 0 Å². The Morgan fingerprint density at radius 3 is 2.41 bits per heavy atom. The van der Waals surface area contributed by atoms with E-state index in [9.17, 15) is 18.8 Å². The van der Waals surface area contributed by atoms with Gasteiger partial charge in [-0.1, -0.05) is 12.1 Å². The van der Waals surface area contributed by atoms with Gasteiger partial charge in [-0.15, -0.1) is 0 Å². The number of rotatable bonds is 8. The number of halogens is 1. The molecule has 2 heterocycles. The molecule has 2 atom stereocenters. The van der Waals surface area contributed by atoms with Gasteiger partial charge in [0.15, 0.2) is 11.6 Å². The van der Waals surface area contributed by atoms with Crippen LogP contribution in [0.1, 0.15) is 29.8 Å². The first-order chi connectivity index (χ1) is 17.6. The lowest BCUT2D eigenvalue weighted by Gasteiger charge is -2.37. The topological polar surface area (TPSA) is 138 Å². The molecule has 37 heavy (non-hydrogen) atoms. The molecule has 4 rings (SSSR count). The van der Waals surface area contributed by atoms with Crippen LogP contribution < -0.4 is 21.7 Å². The van der Waals surface area contributed by atoms with E-state index in [1.165, 1.54) is 30.6 Å². The number of nitrogens with two attached hydrogens (primary N) is 1. The average molecular weight is 511 g/mol. The summed E-state index contributed by atoms with van der Waals surface area (Å²) in [7, 11) is 0. The van der Waals surface area contributed by atoms with E-state index in [2.05, 4.69) is 25.8 Å². The van der Waals surface area contributed by atoms with Crippen molar-refractivity contribution in [1.82, 2.24) is 15.5 Å². The van der Waals surface area contributed by atoms with Gasteiger partial charge in [0.25, 0.3) is 11.8 Å². The SMILES string of the molecule is CC(C)(CN1CCOCC1)NC(=O)C1N=CNC1(C(N)=O)c1ccc(NC(=O)c2ccc(F)cc2)cc1. The zero-order chi connectivity index (χ0) is 26.6. The summed E-state index contributed by atoms with van der Waals surface area (Å²) >= 11 is 0. The van der Waals surface area contributed by atoms with Crippen molar-refractivity contribution in [2.75, 3.05) is 38.2 Å². The lowest BCUT2D eigenvalue weighted by molar-refractivity contribution is -0.132. The number of nitrogens with one attached hydrogen (secondary N) is 3. The van der Waals surface area contributed by atoms with Gasteiger partial charge in [-0.3, -0.25) is 24.3 Å². The predicted octanol–water partition coefficient (Wildman–Crippen LogP) is 0.986. The molecule has 1 saturated heterocycles. The molecular weight excluding hydrogens is 479 g/mol. The summed E-state index contributed by atoms with van der Waals surface area (Å²) in [5.74, 6) is -2.06. The van der Waals surface area contributed by atoms with Gasteiger partial charge in [0.2, 0.25) is 5.91 Å². The highest BCUT2D eigenvalue weighted by molar-refractivity contribution is 6.04. The molecule has 196 valence electrons. The number of hydrogen-bond donors (Lipinski definition) is 4. The fourth-order valence-electron chi connectivity index (χ4n) is 4.64. The maximum Gasteiger partial charge on any atom is 0.255 e. The van der Waals surface area contributed by atoms with Crippen LogP contribution in [0.3, 0.4) is 0 Å². The molecule has 2 unspecified atom stereocenters. The highest BCUT2D eigenvalue weighted by atomic mass is 19.1. The average Bonchev–Trinajstić information content (AvgIpc) is 3.32. The Morgan fingerprint density at radius 2 is 1.78 bits per heavy atom. The Labute approximate surface area is 214 Å². The van der Waals surface area contributed by atoms with Gasteiger partial charge < -0.3 is 26.4 Å². The third kappa shape index (κ3) is 5.78. The Kier molecular flexibility index (Phi) is 7.55. The molecule has 5 N–H and O–H groups in total. The maximum atomic E-state index is 13.4. The minimum Gasteiger partial charge on any atom is -0.379 e. The van der Waals surface area contributed by atoms with Crippen LogP contribution in [0, 0.1) is 5.82 Å². The molecule has 0 aromatic heterocycles. The molecule has 2 aliphatic rings. The molecule has 3 amide bonds. The number of morpholine rings is 1. The van der Waals surface area contributed by atoms with Gasteiger partial charge >= 0.3 is 0 Å². The fraction of sp³-hybridized carbons (Fsp3) is 0.385. The number of benzene rings is 2. The summed E-state index contributed by atoms with van der Waals surface area (Å²) in [6, 6.07) is 10.4. The second kappa shape index (κ2) is 10.7. The van der Waals surface area contributed by atoms with E-state index < -0.39 is 40.7 Å². The molecule has 2 aromatic rings. The molecule has 2 aliphatic heterocycles. The lowest BCUT2D eigenvalue weighted by Crippen LogP contribution is -2.63. The standard InChI is InChI=1S/C26H31FN6O4/c1-25(2,15-33-11-13-37-14-12-33)32-23(35)21-26(24(28)36,30-16-29-21)18-5-9-20(10-6-18)31-22(34)17-3-7-19(27)8-4-17/h3-10,16,21H,11-15H2,1-2H3,(H2,28,36)(H,29,30)(H,31,34)(H,32,35). The van der Waals surface area contributed by atoms with Crippen molar-refractivity contribution >= 4 is 29.7 Å². The molecular formula is C26H31FN6O4. The third-order valence-electron chi connectivity index (χ3n) is 6.45. The number of amides is 3. The van der Waals surface area contributed by atoms with Crippen molar-refractivity contribution in [3.63, 3.8) is 0 Å². The van der Waals surface area contributed by atoms with Crippen LogP contribution in [0.15, 0.2) is 53.5 Å². The van der Waals surface area contributed by atoms with E-state index in [4.69, 9.17) is 10.5 Å². The van der Waals surface area contributed by atoms with Crippen molar-refractivity contribution in [3.8, 4) is 0 Å². The van der Waals surface area contributed by atoms with E-state index in [1.54, 1.807) is 24.3 Å². The first-order valence-corrected chi connectivity index (χ1v) is 12.0. The van der Waals surface area contributed by atoms with Gasteiger partial charge in [0.05, 0.1) is 19.6 Å². The summed E-state index contributed by atoms with van der Waals surface area (Å²) in [6.07, 6.45) is 1.31. The number of carbonyl (C=O) groups excluding carboxylic acids is 3. The molecule has 0 saturated carbocycles. The molecule has 0 bridgehead atoms. The van der Waals surface area contributed by atoms with E-state index in [-0.39, 0.29) is 0 Å². The molecule has 0 aliphatic carbocycles. The molecule has 10 nitrogen and oxygen atoms in total. The second-order valence-electron chi connectivity index (χ2n) is 9.80. The largest absolute Gasteiger partial charge is 0.379 e. The number of primary amides is 1. The smallest absolute Gasteiger partial charge is 0.255 e. The number of hydrogen-bond acceptors (Lipinski definition) is 7. The van der Waals surface area contributed by atoms with Gasteiger partial charge in [-0.25, -0.2) is 4.39 Å². The maximum absolute atomic E-state index is 13.4. The molecule has 2 aromatic carbocycles. The van der Waals surface area contributed by atoms with Crippen LogP contribution in [-0.4, -0.2) is 73.4 Å². The monoisotopic (exact) mass is 510 g/mol. The summed E-state index contributed by atoms with van der Waals surface area (Å²) in [5.41, 5.74) is 4.80. The van der Waals surface area contributed by atoms with E-state index in [0.717, 1.165) is 13.1 Å². The summed E-state index contributed by atoms with van der Waals surface area (Å²) in [6.45, 7) is 7.28. The van der Waals surface area contributed by atoms with Crippen molar-refractivity contribution in [2.24, 2.45) is 10.7 Å². The Morgan fingerprint density at radius 1 is 1.14 bits per heavy atom. The summed E-state index contributed by atoms with van der Waals surface area (Å²) in [5, 5.41) is 8.64. The number of aliphatic imine (C=N–C) groups is 1. The predicted molar refractivity (Wildman–Crippen MR) is 137 cm³/mol. The quantitative estimate of drug-likeness (QED) is 0.418. The zero-order valence-electron chi connectivity index (χ0n) is 20.8.